The Bertz CT molecular complexity index is 1600. The molecule has 2 aromatic heterocycles. The Labute approximate surface area is 282 Å². The van der Waals surface area contributed by atoms with Crippen molar-refractivity contribution >= 4 is 31.5 Å². The molecule has 6 rings (SSSR count). The van der Waals surface area contributed by atoms with E-state index in [1.54, 1.807) is 31.9 Å². The lowest BCUT2D eigenvalue weighted by molar-refractivity contribution is -0.118. The molecule has 258 valence electrons. The van der Waals surface area contributed by atoms with Gasteiger partial charge in [0.15, 0.2) is 17.4 Å². The molecule has 1 unspecified atom stereocenters. The molecule has 3 aliphatic heterocycles. The molecule has 3 fully saturated rings. The van der Waals surface area contributed by atoms with Gasteiger partial charge in [0.05, 0.1) is 44.2 Å². The molecule has 5 heterocycles. The topological polar surface area (TPSA) is 155 Å². The number of anilines is 1. The Morgan fingerprint density at radius 2 is 2.02 bits per heavy atom. The van der Waals surface area contributed by atoms with E-state index in [1.165, 1.54) is 0 Å². The highest BCUT2D eigenvalue weighted by molar-refractivity contribution is 7.45. The van der Waals surface area contributed by atoms with Gasteiger partial charge in [0.25, 0.3) is 8.53 Å². The minimum Gasteiger partial charge on any atom is -0.475 e. The van der Waals surface area contributed by atoms with Gasteiger partial charge < -0.3 is 28.0 Å². The van der Waals surface area contributed by atoms with E-state index in [0.29, 0.717) is 30.8 Å². The van der Waals surface area contributed by atoms with Crippen LogP contribution >= 0.6 is 8.53 Å². The highest BCUT2D eigenvalue weighted by Crippen LogP contribution is 2.64. The molecule has 48 heavy (non-hydrogen) atoms. The van der Waals surface area contributed by atoms with Gasteiger partial charge in [-0.2, -0.15) is 15.2 Å². The molecule has 0 spiro atoms. The third-order valence-corrected chi connectivity index (χ3v) is 10.9. The summed E-state index contributed by atoms with van der Waals surface area (Å²) in [6.45, 7) is 9.47. The molecule has 0 radical (unpaired) electrons. The van der Waals surface area contributed by atoms with Crippen molar-refractivity contribution in [2.24, 2.45) is 5.92 Å². The maximum absolute atomic E-state index is 12.6. The van der Waals surface area contributed by atoms with Gasteiger partial charge in [-0.25, -0.2) is 9.65 Å². The first-order chi connectivity index (χ1) is 23.3. The fourth-order valence-corrected chi connectivity index (χ4v) is 8.65. The van der Waals surface area contributed by atoms with Gasteiger partial charge in [-0.15, -0.1) is 0 Å². The third kappa shape index (κ3) is 6.78. The SMILES string of the molecule is CC[C@H]1O[C@@H](n2cnc3c(OCCC#N)nc(NC(=O)C(C)C)nc32)[C@@H](OCCOC)C1O[P@]1O[C@@](C)(c2ccccc2)[C@H]2CCCN21. The molecule has 7 atom stereocenters. The van der Waals surface area contributed by atoms with Crippen LogP contribution in [0.15, 0.2) is 36.7 Å². The van der Waals surface area contributed by atoms with Crippen molar-refractivity contribution in [2.45, 2.75) is 89.6 Å². The average molecular weight is 682 g/mol. The van der Waals surface area contributed by atoms with E-state index in [-0.39, 0.29) is 48.8 Å². The Balaban J connectivity index is 1.34. The summed E-state index contributed by atoms with van der Waals surface area (Å²) in [5.74, 6) is -0.322. The predicted molar refractivity (Wildman–Crippen MR) is 177 cm³/mol. The molecular weight excluding hydrogens is 637 g/mol. The summed E-state index contributed by atoms with van der Waals surface area (Å²) in [7, 11) is 0.194. The van der Waals surface area contributed by atoms with E-state index in [9.17, 15) is 4.79 Å². The summed E-state index contributed by atoms with van der Waals surface area (Å²) in [5, 5.41) is 11.8. The molecule has 3 aliphatic rings. The zero-order valence-electron chi connectivity index (χ0n) is 28.1. The molecule has 3 saturated heterocycles. The van der Waals surface area contributed by atoms with Crippen LogP contribution in [0.3, 0.4) is 0 Å². The fraction of sp³-hybridized carbons (Fsp3) is 0.606. The maximum Gasteiger partial charge on any atom is 0.260 e. The average Bonchev–Trinajstić information content (AvgIpc) is 3.87. The Kier molecular flexibility index (Phi) is 10.9. The molecule has 15 heteroatoms. The molecule has 0 bridgehead atoms. The molecular formula is C33H44N7O7P. The molecule has 1 N–H and O–H groups in total. The number of hydrogen-bond acceptors (Lipinski definition) is 12. The van der Waals surface area contributed by atoms with Crippen LogP contribution in [0.4, 0.5) is 5.95 Å². The standard InChI is InChI=1S/C33H44N7O7P/c1-6-23-26(46-48-40-16-10-14-24(40)33(4,47-48)22-12-8-7-9-13-22)27(43-19-18-42-5)31(45-23)39-20-35-25-28(39)36-32(37-29(41)21(2)3)38-30(25)44-17-11-15-34/h7-9,12-13,20-21,23-24,26-27,31H,6,10-11,14,16-19H2,1-5H3,(H,36,37,38,41)/t23-,24-,26?,27+,31-,33+,48-/m1/s1. The summed E-state index contributed by atoms with van der Waals surface area (Å²) < 4.78 is 42.4. The van der Waals surface area contributed by atoms with Crippen molar-refractivity contribution in [3.8, 4) is 11.9 Å². The van der Waals surface area contributed by atoms with Crippen LogP contribution in [-0.2, 0) is 33.7 Å². The normalized spacial score (nSPS) is 28.6. The monoisotopic (exact) mass is 681 g/mol. The van der Waals surface area contributed by atoms with Gasteiger partial charge >= 0.3 is 0 Å². The Morgan fingerprint density at radius 3 is 2.75 bits per heavy atom. The lowest BCUT2D eigenvalue weighted by atomic mass is 9.87. The van der Waals surface area contributed by atoms with E-state index < -0.39 is 32.6 Å². The van der Waals surface area contributed by atoms with Gasteiger partial charge in [-0.3, -0.25) is 14.7 Å². The first kappa shape index (κ1) is 34.6. The number of nitrogens with one attached hydrogen (secondary N) is 1. The number of nitrogens with zero attached hydrogens (tertiary/aromatic N) is 6. The van der Waals surface area contributed by atoms with Gasteiger partial charge in [0.2, 0.25) is 17.7 Å². The minimum absolute atomic E-state index is 0.0627. The number of hydrogen-bond donors (Lipinski definition) is 1. The lowest BCUT2D eigenvalue weighted by Gasteiger charge is -2.29. The summed E-state index contributed by atoms with van der Waals surface area (Å²) in [6.07, 6.45) is 2.45. The van der Waals surface area contributed by atoms with Crippen LogP contribution in [0, 0.1) is 17.2 Å². The number of nitriles is 1. The first-order valence-electron chi connectivity index (χ1n) is 16.6. The summed E-state index contributed by atoms with van der Waals surface area (Å²) in [4.78, 5) is 26.3. The zero-order valence-corrected chi connectivity index (χ0v) is 29.0. The molecule has 0 aliphatic carbocycles. The van der Waals surface area contributed by atoms with Crippen LogP contribution in [0.2, 0.25) is 0 Å². The molecule has 1 aromatic carbocycles. The second kappa shape index (κ2) is 15.1. The summed E-state index contributed by atoms with van der Waals surface area (Å²) in [5.41, 5.74) is 1.38. The van der Waals surface area contributed by atoms with Crippen LogP contribution in [0.5, 0.6) is 5.88 Å². The van der Waals surface area contributed by atoms with Crippen LogP contribution in [0.1, 0.15) is 65.2 Å². The number of imidazole rings is 1. The van der Waals surface area contributed by atoms with Crippen LogP contribution in [0.25, 0.3) is 11.2 Å². The Hall–Kier alpha value is -3.28. The van der Waals surface area contributed by atoms with E-state index in [1.807, 2.05) is 18.2 Å². The number of aromatic nitrogens is 4. The molecule has 0 saturated carbocycles. The van der Waals surface area contributed by atoms with Crippen molar-refractivity contribution in [2.75, 3.05) is 38.8 Å². The number of carbonyl (C=O) groups is 1. The van der Waals surface area contributed by atoms with Gasteiger partial charge in [-0.1, -0.05) is 51.1 Å². The minimum atomic E-state index is -1.43. The Morgan fingerprint density at radius 1 is 1.21 bits per heavy atom. The van der Waals surface area contributed by atoms with Gasteiger partial charge in [-0.05, 0) is 31.7 Å². The largest absolute Gasteiger partial charge is 0.475 e. The third-order valence-electron chi connectivity index (χ3n) is 9.06. The second-order valence-electron chi connectivity index (χ2n) is 12.6. The lowest BCUT2D eigenvalue weighted by Crippen LogP contribution is -2.37. The first-order valence-corrected chi connectivity index (χ1v) is 17.7. The maximum atomic E-state index is 12.6. The molecule has 1 amide bonds. The second-order valence-corrected chi connectivity index (χ2v) is 14.0. The van der Waals surface area contributed by atoms with Crippen molar-refractivity contribution < 1.29 is 32.8 Å². The van der Waals surface area contributed by atoms with Crippen molar-refractivity contribution in [3.05, 3.63) is 42.2 Å². The number of amides is 1. The van der Waals surface area contributed by atoms with Crippen LogP contribution in [-0.4, -0.2) is 87.9 Å². The molecule has 14 nitrogen and oxygen atoms in total. The fourth-order valence-electron chi connectivity index (χ4n) is 6.50. The van der Waals surface area contributed by atoms with Gasteiger partial charge in [0, 0.05) is 19.6 Å². The molecule has 3 aromatic rings. The van der Waals surface area contributed by atoms with E-state index in [0.717, 1.165) is 24.9 Å². The smallest absolute Gasteiger partial charge is 0.260 e. The predicted octanol–water partition coefficient (Wildman–Crippen LogP) is 5.07. The van der Waals surface area contributed by atoms with Crippen molar-refractivity contribution in [3.63, 3.8) is 0 Å². The highest BCUT2D eigenvalue weighted by atomic mass is 31.2. The van der Waals surface area contributed by atoms with E-state index >= 15 is 0 Å². The van der Waals surface area contributed by atoms with Crippen LogP contribution < -0.4 is 10.1 Å². The van der Waals surface area contributed by atoms with E-state index in [4.69, 9.17) is 33.3 Å². The summed E-state index contributed by atoms with van der Waals surface area (Å²) in [6, 6.07) is 12.6. The quantitative estimate of drug-likeness (QED) is 0.178. The van der Waals surface area contributed by atoms with Crippen molar-refractivity contribution in [1.82, 2.24) is 24.2 Å². The highest BCUT2D eigenvalue weighted by Gasteiger charge is 2.57. The number of benzene rings is 1. The van der Waals surface area contributed by atoms with Gasteiger partial charge in [0.1, 0.15) is 24.4 Å². The number of ether oxygens (including phenoxy) is 4. The van der Waals surface area contributed by atoms with E-state index in [2.05, 4.69) is 57.0 Å². The van der Waals surface area contributed by atoms with Crippen molar-refractivity contribution in [1.29, 1.82) is 5.26 Å². The number of rotatable bonds is 14. The number of carbonyl (C=O) groups excluding carboxylic acids is 1. The summed E-state index contributed by atoms with van der Waals surface area (Å²) >= 11 is 0. The number of methoxy groups -OCH3 is 1. The zero-order chi connectivity index (χ0) is 33.8. The number of fused-ring (bicyclic) bond motifs is 2.